The molecule has 2 rings (SSSR count). The van der Waals surface area contributed by atoms with Crippen LogP contribution in [0, 0.1) is 12.8 Å². The molecule has 0 aromatic carbocycles. The van der Waals surface area contributed by atoms with Gasteiger partial charge in [0.15, 0.2) is 0 Å². The molecule has 0 aliphatic heterocycles. The molecule has 1 fully saturated rings. The zero-order valence-electron chi connectivity index (χ0n) is 8.25. The van der Waals surface area contributed by atoms with E-state index >= 15 is 0 Å². The Bertz CT molecular complexity index is 329. The molecule has 76 valence electrons. The fourth-order valence-corrected chi connectivity index (χ4v) is 1.34. The molecule has 1 aliphatic carbocycles. The van der Waals surface area contributed by atoms with Gasteiger partial charge in [0.05, 0.1) is 5.69 Å². The molecule has 1 amide bonds. The summed E-state index contributed by atoms with van der Waals surface area (Å²) in [5, 5.41) is 6.73. The number of hydrogen-bond donors (Lipinski definition) is 1. The molecule has 1 heterocycles. The second-order valence-electron chi connectivity index (χ2n) is 3.74. The normalized spacial score (nSPS) is 15.5. The van der Waals surface area contributed by atoms with E-state index in [0.29, 0.717) is 6.54 Å². The Hall–Kier alpha value is -1.32. The third kappa shape index (κ3) is 2.34. The minimum atomic E-state index is 0.185. The van der Waals surface area contributed by atoms with E-state index in [1.807, 2.05) is 13.0 Å². The Morgan fingerprint density at radius 3 is 3.07 bits per heavy atom. The highest BCUT2D eigenvalue weighted by Crippen LogP contribution is 2.28. The van der Waals surface area contributed by atoms with Gasteiger partial charge in [0.25, 0.3) is 0 Å². The Morgan fingerprint density at radius 1 is 1.71 bits per heavy atom. The summed E-state index contributed by atoms with van der Waals surface area (Å²) in [6, 6.07) is 1.89. The number of nitrogens with zero attached hydrogens (tertiary/aromatic N) is 1. The summed E-state index contributed by atoms with van der Waals surface area (Å²) in [7, 11) is 0. The minimum Gasteiger partial charge on any atom is -0.361 e. The highest BCUT2D eigenvalue weighted by Gasteiger charge is 2.28. The monoisotopic (exact) mass is 194 g/mol. The van der Waals surface area contributed by atoms with Gasteiger partial charge >= 0.3 is 0 Å². The van der Waals surface area contributed by atoms with Crippen LogP contribution in [-0.2, 0) is 11.2 Å². The molecule has 0 atom stereocenters. The fourth-order valence-electron chi connectivity index (χ4n) is 1.34. The molecule has 4 nitrogen and oxygen atoms in total. The number of rotatable bonds is 4. The lowest BCUT2D eigenvalue weighted by atomic mass is 10.3. The molecule has 1 N–H and O–H groups in total. The van der Waals surface area contributed by atoms with E-state index in [1.165, 1.54) is 0 Å². The van der Waals surface area contributed by atoms with E-state index in [1.54, 1.807) is 0 Å². The third-order valence-corrected chi connectivity index (χ3v) is 2.31. The Morgan fingerprint density at radius 2 is 2.50 bits per heavy atom. The molecular weight excluding hydrogens is 180 g/mol. The predicted octanol–water partition coefficient (Wildman–Crippen LogP) is 1.05. The fraction of sp³-hybridized carbons (Fsp3) is 0.600. The molecule has 0 unspecified atom stereocenters. The van der Waals surface area contributed by atoms with Crippen molar-refractivity contribution in [1.82, 2.24) is 10.5 Å². The second-order valence-corrected chi connectivity index (χ2v) is 3.74. The lowest BCUT2D eigenvalue weighted by molar-refractivity contribution is -0.122. The summed E-state index contributed by atoms with van der Waals surface area (Å²) < 4.78 is 4.92. The van der Waals surface area contributed by atoms with Gasteiger partial charge in [-0.1, -0.05) is 5.16 Å². The minimum absolute atomic E-state index is 0.185. The number of hydrogen-bond acceptors (Lipinski definition) is 3. The van der Waals surface area contributed by atoms with E-state index < -0.39 is 0 Å². The summed E-state index contributed by atoms with van der Waals surface area (Å²) in [6.07, 6.45) is 2.85. The molecule has 1 saturated carbocycles. The maximum absolute atomic E-state index is 11.2. The number of aromatic nitrogens is 1. The first kappa shape index (κ1) is 9.24. The summed E-state index contributed by atoms with van der Waals surface area (Å²) in [6.45, 7) is 2.51. The molecule has 0 bridgehead atoms. The van der Waals surface area contributed by atoms with Crippen molar-refractivity contribution >= 4 is 5.91 Å². The van der Waals surface area contributed by atoms with Crippen LogP contribution in [0.1, 0.15) is 24.3 Å². The molecule has 1 aliphatic rings. The van der Waals surface area contributed by atoms with Crippen LogP contribution in [0.2, 0.25) is 0 Å². The van der Waals surface area contributed by atoms with Crippen molar-refractivity contribution in [3.05, 3.63) is 17.5 Å². The topological polar surface area (TPSA) is 55.1 Å². The zero-order chi connectivity index (χ0) is 9.97. The van der Waals surface area contributed by atoms with Crippen LogP contribution in [0.3, 0.4) is 0 Å². The molecule has 1 aromatic heterocycles. The van der Waals surface area contributed by atoms with Crippen LogP contribution in [-0.4, -0.2) is 17.6 Å². The maximum atomic E-state index is 11.2. The van der Waals surface area contributed by atoms with E-state index in [4.69, 9.17) is 4.52 Å². The summed E-state index contributed by atoms with van der Waals surface area (Å²) in [5.74, 6) is 1.28. The van der Waals surface area contributed by atoms with Gasteiger partial charge < -0.3 is 9.84 Å². The first-order chi connectivity index (χ1) is 6.75. The number of nitrogens with one attached hydrogen (secondary N) is 1. The third-order valence-electron chi connectivity index (χ3n) is 2.31. The average Bonchev–Trinajstić information content (AvgIpc) is 2.92. The van der Waals surface area contributed by atoms with Crippen molar-refractivity contribution in [2.45, 2.75) is 26.2 Å². The Labute approximate surface area is 82.7 Å². The van der Waals surface area contributed by atoms with Gasteiger partial charge in [-0.3, -0.25) is 4.79 Å². The second kappa shape index (κ2) is 3.82. The van der Waals surface area contributed by atoms with Crippen LogP contribution >= 0.6 is 0 Å². The van der Waals surface area contributed by atoms with Crippen LogP contribution in [0.5, 0.6) is 0 Å². The first-order valence-corrected chi connectivity index (χ1v) is 4.95. The number of carbonyl (C=O) groups excluding carboxylic acids is 1. The SMILES string of the molecule is Cc1cc(CCNC(=O)C2CC2)no1. The van der Waals surface area contributed by atoms with Gasteiger partial charge in [-0.2, -0.15) is 0 Å². The van der Waals surface area contributed by atoms with Gasteiger partial charge in [0.1, 0.15) is 5.76 Å². The van der Waals surface area contributed by atoms with Crippen molar-refractivity contribution in [2.24, 2.45) is 5.92 Å². The van der Waals surface area contributed by atoms with Crippen LogP contribution in [0.4, 0.5) is 0 Å². The molecule has 14 heavy (non-hydrogen) atoms. The molecule has 4 heteroatoms. The molecule has 0 radical (unpaired) electrons. The molecule has 0 saturated heterocycles. The van der Waals surface area contributed by atoms with E-state index in [-0.39, 0.29) is 11.8 Å². The number of carbonyl (C=O) groups is 1. The van der Waals surface area contributed by atoms with Crippen molar-refractivity contribution < 1.29 is 9.32 Å². The zero-order valence-corrected chi connectivity index (χ0v) is 8.25. The van der Waals surface area contributed by atoms with Crippen LogP contribution in [0.25, 0.3) is 0 Å². The van der Waals surface area contributed by atoms with Crippen molar-refractivity contribution in [2.75, 3.05) is 6.54 Å². The van der Waals surface area contributed by atoms with Crippen molar-refractivity contribution in [3.8, 4) is 0 Å². The summed E-state index contributed by atoms with van der Waals surface area (Å²) in [5.41, 5.74) is 0.901. The average molecular weight is 194 g/mol. The highest BCUT2D eigenvalue weighted by molar-refractivity contribution is 5.80. The largest absolute Gasteiger partial charge is 0.361 e. The van der Waals surface area contributed by atoms with E-state index in [9.17, 15) is 4.79 Å². The van der Waals surface area contributed by atoms with Crippen LogP contribution in [0.15, 0.2) is 10.6 Å². The lowest BCUT2D eigenvalue weighted by Crippen LogP contribution is -2.26. The quantitative estimate of drug-likeness (QED) is 0.779. The molecule has 1 aromatic rings. The first-order valence-electron chi connectivity index (χ1n) is 4.95. The Kier molecular flexibility index (Phi) is 2.52. The van der Waals surface area contributed by atoms with E-state index in [0.717, 1.165) is 30.7 Å². The number of amides is 1. The molecular formula is C10H14N2O2. The van der Waals surface area contributed by atoms with Crippen LogP contribution < -0.4 is 5.32 Å². The molecule has 0 spiro atoms. The number of aryl methyl sites for hydroxylation is 1. The summed E-state index contributed by atoms with van der Waals surface area (Å²) >= 11 is 0. The predicted molar refractivity (Wildman–Crippen MR) is 50.7 cm³/mol. The highest BCUT2D eigenvalue weighted by atomic mass is 16.5. The van der Waals surface area contributed by atoms with Gasteiger partial charge in [0, 0.05) is 24.9 Å². The van der Waals surface area contributed by atoms with Crippen molar-refractivity contribution in [1.29, 1.82) is 0 Å². The maximum Gasteiger partial charge on any atom is 0.223 e. The standard InChI is InChI=1S/C10H14N2O2/c1-7-6-9(12-14-7)4-5-11-10(13)8-2-3-8/h6,8H,2-5H2,1H3,(H,11,13). The van der Waals surface area contributed by atoms with Gasteiger partial charge in [-0.25, -0.2) is 0 Å². The Balaban J connectivity index is 1.69. The van der Waals surface area contributed by atoms with E-state index in [2.05, 4.69) is 10.5 Å². The van der Waals surface area contributed by atoms with Gasteiger partial charge in [0.2, 0.25) is 5.91 Å². The summed E-state index contributed by atoms with van der Waals surface area (Å²) in [4.78, 5) is 11.2. The lowest BCUT2D eigenvalue weighted by Gasteiger charge is -2.00. The smallest absolute Gasteiger partial charge is 0.223 e. The van der Waals surface area contributed by atoms with Gasteiger partial charge in [-0.15, -0.1) is 0 Å². The van der Waals surface area contributed by atoms with Crippen molar-refractivity contribution in [3.63, 3.8) is 0 Å². The van der Waals surface area contributed by atoms with Gasteiger partial charge in [-0.05, 0) is 19.8 Å².